The maximum Gasteiger partial charge on any atom is 0.241 e. The van der Waals surface area contributed by atoms with Crippen molar-refractivity contribution < 1.29 is 52.7 Å². The van der Waals surface area contributed by atoms with E-state index >= 15 is 0 Å². The zero-order chi connectivity index (χ0) is 31.1. The van der Waals surface area contributed by atoms with E-state index in [2.05, 4.69) is 0 Å². The molecule has 0 aromatic heterocycles. The van der Waals surface area contributed by atoms with Crippen molar-refractivity contribution in [3.05, 3.63) is 124 Å². The van der Waals surface area contributed by atoms with E-state index in [-0.39, 0.29) is 16.4 Å². The summed E-state index contributed by atoms with van der Waals surface area (Å²) in [6, 6.07) is 8.45. The molecule has 0 saturated heterocycles. The van der Waals surface area contributed by atoms with Gasteiger partial charge < -0.3 is 0 Å². The molecule has 43 heavy (non-hydrogen) atoms. The van der Waals surface area contributed by atoms with Gasteiger partial charge in [-0.2, -0.15) is 0 Å². The Balaban J connectivity index is 1.68. The molecule has 0 unspecified atom stereocenters. The third-order valence-electron chi connectivity index (χ3n) is 7.28. The Morgan fingerprint density at radius 2 is 0.465 bits per heavy atom. The monoisotopic (exact) mass is 608 g/mol. The summed E-state index contributed by atoms with van der Waals surface area (Å²) in [5.41, 5.74) is -0.327. The summed E-state index contributed by atoms with van der Waals surface area (Å²) in [4.78, 5) is 0. The first-order chi connectivity index (χ1) is 20.3. The number of hydrogen-bond donors (Lipinski definition) is 0. The van der Waals surface area contributed by atoms with Crippen LogP contribution in [0, 0.1) is 69.8 Å². The summed E-state index contributed by atoms with van der Waals surface area (Å²) < 4.78 is 171. The lowest BCUT2D eigenvalue weighted by Gasteiger charge is -2.19. The fourth-order valence-electron chi connectivity index (χ4n) is 5.21. The van der Waals surface area contributed by atoms with E-state index in [1.165, 1.54) is 0 Å². The van der Waals surface area contributed by atoms with Crippen LogP contribution in [0.5, 0.6) is 0 Å². The first-order valence-corrected chi connectivity index (χ1v) is 12.1. The number of rotatable bonds is 3. The molecule has 0 N–H and O–H groups in total. The lowest BCUT2D eigenvalue weighted by molar-refractivity contribution is 0.418. The zero-order valence-corrected chi connectivity index (χ0v) is 20.8. The van der Waals surface area contributed by atoms with E-state index in [0.29, 0.717) is 0 Å². The van der Waals surface area contributed by atoms with Crippen molar-refractivity contribution in [2.45, 2.75) is 0 Å². The lowest BCUT2D eigenvalue weighted by Crippen LogP contribution is -2.52. The predicted octanol–water partition coefficient (Wildman–Crippen LogP) is 7.33. The summed E-state index contributed by atoms with van der Waals surface area (Å²) in [5, 5.41) is -4.37. The normalized spacial score (nSPS) is 11.7. The van der Waals surface area contributed by atoms with Crippen molar-refractivity contribution in [2.75, 3.05) is 0 Å². The van der Waals surface area contributed by atoms with Crippen LogP contribution >= 0.6 is 0 Å². The minimum absolute atomic E-state index is 0.109. The topological polar surface area (TPSA) is 0 Å². The molecular formula is C30H9BF12. The van der Waals surface area contributed by atoms with Gasteiger partial charge in [0.25, 0.3) is 0 Å². The maximum atomic E-state index is 14.7. The molecule has 0 bridgehead atoms. The van der Waals surface area contributed by atoms with Crippen LogP contribution in [0.2, 0.25) is 0 Å². The van der Waals surface area contributed by atoms with Crippen LogP contribution in [-0.2, 0) is 0 Å². The van der Waals surface area contributed by atoms with Crippen LogP contribution in [0.15, 0.2) is 54.6 Å². The van der Waals surface area contributed by atoms with Gasteiger partial charge >= 0.3 is 0 Å². The molecule has 6 aromatic carbocycles. The van der Waals surface area contributed by atoms with Crippen LogP contribution in [0.25, 0.3) is 32.3 Å². The number of fused-ring (bicyclic) bond motifs is 3. The highest BCUT2D eigenvalue weighted by atomic mass is 19.2. The summed E-state index contributed by atoms with van der Waals surface area (Å²) in [6.45, 7) is -1.39. The summed E-state index contributed by atoms with van der Waals surface area (Å²) >= 11 is 0. The van der Waals surface area contributed by atoms with Gasteiger partial charge in [0.1, 0.15) is 0 Å². The minimum Gasteiger partial charge on any atom is -0.203 e. The fraction of sp³-hybridized carbons (Fsp3) is 0. The Bertz CT molecular complexity index is 1930. The maximum absolute atomic E-state index is 14.7. The van der Waals surface area contributed by atoms with Crippen molar-refractivity contribution in [2.24, 2.45) is 0 Å². The van der Waals surface area contributed by atoms with E-state index in [0.717, 1.165) is 54.6 Å². The first kappa shape index (κ1) is 28.4. The van der Waals surface area contributed by atoms with Gasteiger partial charge in [-0.05, 0) is 0 Å². The Morgan fingerprint density at radius 1 is 0.256 bits per heavy atom. The van der Waals surface area contributed by atoms with Gasteiger partial charge in [0.05, 0.1) is 0 Å². The average molecular weight is 608 g/mol. The smallest absolute Gasteiger partial charge is 0.203 e. The number of halogens is 12. The van der Waals surface area contributed by atoms with E-state index in [1.54, 1.807) is 0 Å². The first-order valence-electron chi connectivity index (χ1n) is 12.1. The van der Waals surface area contributed by atoms with Gasteiger partial charge in [0.2, 0.25) is 6.71 Å². The zero-order valence-electron chi connectivity index (χ0n) is 20.8. The molecule has 6 rings (SSSR count). The van der Waals surface area contributed by atoms with Gasteiger partial charge in [0.15, 0.2) is 69.8 Å². The van der Waals surface area contributed by atoms with Crippen LogP contribution in [0.3, 0.4) is 0 Å². The fourth-order valence-corrected chi connectivity index (χ4v) is 5.21. The predicted molar refractivity (Wildman–Crippen MR) is 136 cm³/mol. The molecule has 6 aromatic rings. The molecule has 0 radical (unpaired) electrons. The second-order valence-electron chi connectivity index (χ2n) is 9.62. The molecule has 13 heteroatoms. The number of benzene rings is 6. The van der Waals surface area contributed by atoms with Crippen molar-refractivity contribution >= 4 is 55.4 Å². The van der Waals surface area contributed by atoms with Gasteiger partial charge in [-0.25, -0.2) is 52.7 Å². The van der Waals surface area contributed by atoms with Gasteiger partial charge in [-0.15, -0.1) is 0 Å². The molecule has 0 amide bonds. The van der Waals surface area contributed by atoms with Crippen molar-refractivity contribution in [1.82, 2.24) is 0 Å². The quantitative estimate of drug-likeness (QED) is 0.0855. The third kappa shape index (κ3) is 4.12. The van der Waals surface area contributed by atoms with Gasteiger partial charge in [0, 0.05) is 32.3 Å². The standard InChI is InChI=1S/C30H9BF12/c32-19-13-4-1-10(7-16(13)22(35)28(41)25(19)38)31(11-2-5-14-17(8-11)23(36)29(42)26(39)20(14)33)12-3-6-15-18(9-12)24(37)30(43)27(40)21(15)34/h1-9H. The molecule has 0 nitrogen and oxygen atoms in total. The molecule has 0 heterocycles. The van der Waals surface area contributed by atoms with Crippen LogP contribution in [0.1, 0.15) is 0 Å². The lowest BCUT2D eigenvalue weighted by atomic mass is 9.36. The average Bonchev–Trinajstić information content (AvgIpc) is 3.02. The molecular weight excluding hydrogens is 599 g/mol. The van der Waals surface area contributed by atoms with Gasteiger partial charge in [-0.3, -0.25) is 0 Å². The highest BCUT2D eigenvalue weighted by Crippen LogP contribution is 2.29. The highest BCUT2D eigenvalue weighted by Gasteiger charge is 2.29. The van der Waals surface area contributed by atoms with E-state index in [4.69, 9.17) is 0 Å². The van der Waals surface area contributed by atoms with E-state index in [9.17, 15) is 52.7 Å². The molecule has 0 aliphatic carbocycles. The van der Waals surface area contributed by atoms with E-state index < -0.39 is 109 Å². The Labute approximate surface area is 232 Å². The van der Waals surface area contributed by atoms with Crippen molar-refractivity contribution in [1.29, 1.82) is 0 Å². The Hall–Kier alpha value is -4.68. The summed E-state index contributed by atoms with van der Waals surface area (Å²) in [5.74, 6) is -23.2. The van der Waals surface area contributed by atoms with Crippen molar-refractivity contribution in [3.63, 3.8) is 0 Å². The molecule has 0 aliphatic rings. The minimum atomic E-state index is -2.14. The van der Waals surface area contributed by atoms with Crippen LogP contribution in [0.4, 0.5) is 52.7 Å². The molecule has 0 saturated carbocycles. The highest BCUT2D eigenvalue weighted by molar-refractivity contribution is 6.95. The third-order valence-corrected chi connectivity index (χ3v) is 7.28. The SMILES string of the molecule is Fc1c(F)c(F)c2cc(B(c3ccc4c(F)c(F)c(F)c(F)c4c3)c3ccc4c(F)c(F)c(F)c(F)c4c3)ccc2c1F. The molecule has 0 fully saturated rings. The molecule has 0 spiro atoms. The summed E-state index contributed by atoms with van der Waals surface area (Å²) in [7, 11) is 0. The van der Waals surface area contributed by atoms with E-state index in [1.807, 2.05) is 0 Å². The van der Waals surface area contributed by atoms with Crippen LogP contribution in [-0.4, -0.2) is 6.71 Å². The Morgan fingerprint density at radius 3 is 0.698 bits per heavy atom. The molecule has 0 aliphatic heterocycles. The summed E-state index contributed by atoms with van der Waals surface area (Å²) in [6.07, 6.45) is 0. The molecule has 216 valence electrons. The second kappa shape index (κ2) is 9.96. The van der Waals surface area contributed by atoms with Gasteiger partial charge in [-0.1, -0.05) is 71.0 Å². The van der Waals surface area contributed by atoms with Crippen LogP contribution < -0.4 is 16.4 Å². The largest absolute Gasteiger partial charge is 0.241 e. The number of hydrogen-bond acceptors (Lipinski definition) is 0. The molecule has 0 atom stereocenters. The Kier molecular flexibility index (Phi) is 6.59. The second-order valence-corrected chi connectivity index (χ2v) is 9.62. The van der Waals surface area contributed by atoms with Crippen molar-refractivity contribution in [3.8, 4) is 0 Å².